The fourth-order valence-electron chi connectivity index (χ4n) is 1.61. The molecule has 2 atom stereocenters. The number of carboxylic acid groups (broad SMARTS) is 1. The summed E-state index contributed by atoms with van der Waals surface area (Å²) in [6.45, 7) is 0.492. The van der Waals surface area contributed by atoms with Gasteiger partial charge in [0.15, 0.2) is 0 Å². The Bertz CT molecular complexity index is 312. The van der Waals surface area contributed by atoms with Gasteiger partial charge in [0.05, 0.1) is 6.42 Å². The largest absolute Gasteiger partial charge is 0.480 e. The van der Waals surface area contributed by atoms with Gasteiger partial charge in [-0.05, 0) is 19.3 Å². The van der Waals surface area contributed by atoms with Gasteiger partial charge < -0.3 is 20.9 Å². The highest BCUT2D eigenvalue weighted by molar-refractivity contribution is 5.89. The second-order valence-corrected chi connectivity index (χ2v) is 3.93. The number of rotatable bonds is 5. The lowest BCUT2D eigenvalue weighted by atomic mass is 10.1. The predicted octanol–water partition coefficient (Wildman–Crippen LogP) is -1.000. The second kappa shape index (κ2) is 6.19. The van der Waals surface area contributed by atoms with E-state index in [4.69, 9.17) is 15.6 Å². The van der Waals surface area contributed by atoms with Crippen molar-refractivity contribution >= 4 is 17.8 Å². The summed E-state index contributed by atoms with van der Waals surface area (Å²) in [7, 11) is 0. The molecule has 0 spiro atoms. The maximum Gasteiger partial charge on any atom is 0.326 e. The molecule has 7 heteroatoms. The highest BCUT2D eigenvalue weighted by atomic mass is 16.5. The van der Waals surface area contributed by atoms with Crippen LogP contribution in [-0.2, 0) is 19.1 Å². The molecule has 0 aromatic heterocycles. The predicted molar refractivity (Wildman–Crippen MR) is 57.0 cm³/mol. The van der Waals surface area contributed by atoms with Crippen molar-refractivity contribution in [3.8, 4) is 0 Å². The molecule has 0 aromatic rings. The molecule has 1 fully saturated rings. The number of carbonyl (C=O) groups is 3. The van der Waals surface area contributed by atoms with Gasteiger partial charge in [-0.15, -0.1) is 0 Å². The van der Waals surface area contributed by atoms with Crippen molar-refractivity contribution < 1.29 is 24.2 Å². The number of aliphatic carboxylic acids is 1. The van der Waals surface area contributed by atoms with Gasteiger partial charge in [-0.2, -0.15) is 0 Å². The summed E-state index contributed by atoms with van der Waals surface area (Å²) in [5.74, 6) is -2.56. The SMILES string of the molecule is NC(=O)C[C@@H](NC(=O)C1CCCCO1)C(=O)O. The van der Waals surface area contributed by atoms with Crippen LogP contribution in [0, 0.1) is 0 Å². The van der Waals surface area contributed by atoms with Crippen molar-refractivity contribution in [2.75, 3.05) is 6.61 Å². The Morgan fingerprint density at radius 2 is 2.12 bits per heavy atom. The van der Waals surface area contributed by atoms with E-state index in [9.17, 15) is 14.4 Å². The molecule has 2 amide bonds. The number of hydrogen-bond acceptors (Lipinski definition) is 4. The molecular weight excluding hydrogens is 228 g/mol. The summed E-state index contributed by atoms with van der Waals surface area (Å²) in [5, 5.41) is 11.1. The van der Waals surface area contributed by atoms with Crippen LogP contribution in [0.5, 0.6) is 0 Å². The Labute approximate surface area is 98.3 Å². The highest BCUT2D eigenvalue weighted by Gasteiger charge is 2.27. The van der Waals surface area contributed by atoms with E-state index < -0.39 is 36.4 Å². The number of amides is 2. The molecule has 96 valence electrons. The van der Waals surface area contributed by atoms with Gasteiger partial charge in [-0.25, -0.2) is 4.79 Å². The zero-order valence-corrected chi connectivity index (χ0v) is 9.35. The minimum absolute atomic E-state index is 0.423. The number of primary amides is 1. The summed E-state index contributed by atoms with van der Waals surface area (Å²) in [6.07, 6.45) is 1.28. The molecule has 1 heterocycles. The van der Waals surface area contributed by atoms with Crippen LogP contribution in [0.15, 0.2) is 0 Å². The maximum atomic E-state index is 11.6. The standard InChI is InChI=1S/C10H16N2O5/c11-8(13)5-6(10(15)16)12-9(14)7-3-1-2-4-17-7/h6-7H,1-5H2,(H2,11,13)(H,12,14)(H,15,16)/t6-,7?/m1/s1. The van der Waals surface area contributed by atoms with Crippen molar-refractivity contribution in [2.45, 2.75) is 37.8 Å². The third-order valence-electron chi connectivity index (χ3n) is 2.49. The van der Waals surface area contributed by atoms with Crippen LogP contribution in [-0.4, -0.2) is 41.6 Å². The quantitative estimate of drug-likeness (QED) is 0.573. The van der Waals surface area contributed by atoms with Gasteiger partial charge >= 0.3 is 5.97 Å². The van der Waals surface area contributed by atoms with Crippen molar-refractivity contribution in [3.63, 3.8) is 0 Å². The molecule has 1 aliphatic rings. The zero-order valence-electron chi connectivity index (χ0n) is 9.35. The van der Waals surface area contributed by atoms with Crippen LogP contribution in [0.4, 0.5) is 0 Å². The van der Waals surface area contributed by atoms with Crippen LogP contribution in [0.2, 0.25) is 0 Å². The lowest BCUT2D eigenvalue weighted by Gasteiger charge is -2.23. The molecule has 0 aliphatic carbocycles. The third-order valence-corrected chi connectivity index (χ3v) is 2.49. The number of ether oxygens (including phenoxy) is 1. The highest BCUT2D eigenvalue weighted by Crippen LogP contribution is 2.12. The van der Waals surface area contributed by atoms with E-state index in [1.807, 2.05) is 0 Å². The van der Waals surface area contributed by atoms with Crippen molar-refractivity contribution in [2.24, 2.45) is 5.73 Å². The van der Waals surface area contributed by atoms with Crippen LogP contribution in [0.25, 0.3) is 0 Å². The Hall–Kier alpha value is -1.63. The van der Waals surface area contributed by atoms with Crippen LogP contribution in [0.1, 0.15) is 25.7 Å². The topological polar surface area (TPSA) is 119 Å². The van der Waals surface area contributed by atoms with E-state index in [0.29, 0.717) is 13.0 Å². The fraction of sp³-hybridized carbons (Fsp3) is 0.700. The van der Waals surface area contributed by atoms with Gasteiger partial charge in [0, 0.05) is 6.61 Å². The second-order valence-electron chi connectivity index (χ2n) is 3.93. The molecule has 1 saturated heterocycles. The van der Waals surface area contributed by atoms with Crippen LogP contribution >= 0.6 is 0 Å². The zero-order chi connectivity index (χ0) is 12.8. The molecule has 17 heavy (non-hydrogen) atoms. The molecule has 0 radical (unpaired) electrons. The van der Waals surface area contributed by atoms with Gasteiger partial charge in [-0.3, -0.25) is 9.59 Å². The summed E-state index contributed by atoms with van der Waals surface area (Å²) < 4.78 is 5.20. The molecule has 0 bridgehead atoms. The first-order chi connectivity index (χ1) is 8.00. The van der Waals surface area contributed by atoms with E-state index in [0.717, 1.165) is 12.8 Å². The lowest BCUT2D eigenvalue weighted by Crippen LogP contribution is -2.48. The van der Waals surface area contributed by atoms with Gasteiger partial charge in [-0.1, -0.05) is 0 Å². The first-order valence-corrected chi connectivity index (χ1v) is 5.44. The summed E-state index contributed by atoms with van der Waals surface area (Å²) >= 11 is 0. The first kappa shape index (κ1) is 13.4. The average Bonchev–Trinajstić information content (AvgIpc) is 2.28. The Morgan fingerprint density at radius 1 is 1.41 bits per heavy atom. The molecule has 4 N–H and O–H groups in total. The van der Waals surface area contributed by atoms with Gasteiger partial charge in [0.2, 0.25) is 11.8 Å². The molecule has 0 aromatic carbocycles. The smallest absolute Gasteiger partial charge is 0.326 e. The minimum Gasteiger partial charge on any atom is -0.480 e. The molecule has 1 rings (SSSR count). The Balaban J connectivity index is 2.50. The third kappa shape index (κ3) is 4.39. The lowest BCUT2D eigenvalue weighted by molar-refractivity contribution is -0.146. The van der Waals surface area contributed by atoms with E-state index in [2.05, 4.69) is 5.32 Å². The monoisotopic (exact) mass is 244 g/mol. The first-order valence-electron chi connectivity index (χ1n) is 5.44. The van der Waals surface area contributed by atoms with Gasteiger partial charge in [0.25, 0.3) is 0 Å². The fourth-order valence-corrected chi connectivity index (χ4v) is 1.61. The summed E-state index contributed by atoms with van der Waals surface area (Å²) in [6, 6.07) is -1.29. The number of carbonyl (C=O) groups excluding carboxylic acids is 2. The molecule has 1 aliphatic heterocycles. The normalized spacial score (nSPS) is 21.5. The van der Waals surface area contributed by atoms with Crippen LogP contribution in [0.3, 0.4) is 0 Å². The Kier molecular flexibility index (Phi) is 4.89. The molecule has 1 unspecified atom stereocenters. The van der Waals surface area contributed by atoms with Crippen molar-refractivity contribution in [1.82, 2.24) is 5.32 Å². The van der Waals surface area contributed by atoms with E-state index >= 15 is 0 Å². The van der Waals surface area contributed by atoms with E-state index in [-0.39, 0.29) is 0 Å². The van der Waals surface area contributed by atoms with Crippen molar-refractivity contribution in [3.05, 3.63) is 0 Å². The average molecular weight is 244 g/mol. The Morgan fingerprint density at radius 3 is 2.59 bits per heavy atom. The molecule has 7 nitrogen and oxygen atoms in total. The van der Waals surface area contributed by atoms with E-state index in [1.165, 1.54) is 0 Å². The van der Waals surface area contributed by atoms with Crippen LogP contribution < -0.4 is 11.1 Å². The molecule has 0 saturated carbocycles. The number of carboxylic acids is 1. The molecular formula is C10H16N2O5. The van der Waals surface area contributed by atoms with Crippen molar-refractivity contribution in [1.29, 1.82) is 0 Å². The van der Waals surface area contributed by atoms with Gasteiger partial charge in [0.1, 0.15) is 12.1 Å². The minimum atomic E-state index is -1.29. The maximum absolute atomic E-state index is 11.6. The summed E-state index contributed by atoms with van der Waals surface area (Å²) in [5.41, 5.74) is 4.90. The number of hydrogen-bond donors (Lipinski definition) is 3. The number of nitrogens with two attached hydrogens (primary N) is 1. The van der Waals surface area contributed by atoms with E-state index in [1.54, 1.807) is 0 Å². The number of nitrogens with one attached hydrogen (secondary N) is 1. The summed E-state index contributed by atoms with van der Waals surface area (Å²) in [4.78, 5) is 33.1.